The predicted octanol–water partition coefficient (Wildman–Crippen LogP) is 1.46. The van der Waals surface area contributed by atoms with Gasteiger partial charge in [-0.2, -0.15) is 0 Å². The molecule has 4 heteroatoms. The molecule has 1 aliphatic rings. The zero-order valence-electron chi connectivity index (χ0n) is 10.8. The van der Waals surface area contributed by atoms with Crippen molar-refractivity contribution < 1.29 is 14.6 Å². The number of nitrogens with zero attached hydrogens (tertiary/aromatic N) is 1. The van der Waals surface area contributed by atoms with Gasteiger partial charge < -0.3 is 9.84 Å². The van der Waals surface area contributed by atoms with Gasteiger partial charge >= 0.3 is 0 Å². The van der Waals surface area contributed by atoms with Gasteiger partial charge in [-0.05, 0) is 31.5 Å². The van der Waals surface area contributed by atoms with Crippen LogP contribution in [0.3, 0.4) is 0 Å². The first kappa shape index (κ1) is 13.1. The van der Waals surface area contributed by atoms with Crippen LogP contribution in [0.4, 0.5) is 0 Å². The zero-order chi connectivity index (χ0) is 13.1. The number of methoxy groups -OCH3 is 1. The molecule has 0 spiro atoms. The van der Waals surface area contributed by atoms with Gasteiger partial charge in [-0.3, -0.25) is 9.69 Å². The Labute approximate surface area is 107 Å². The van der Waals surface area contributed by atoms with Gasteiger partial charge in [0.15, 0.2) is 5.78 Å². The first-order valence-electron chi connectivity index (χ1n) is 6.18. The minimum Gasteiger partial charge on any atom is -0.496 e. The molecule has 1 N–H and O–H groups in total. The number of ether oxygens (including phenoxy) is 1. The van der Waals surface area contributed by atoms with Crippen molar-refractivity contribution in [3.63, 3.8) is 0 Å². The number of likely N-dealkylation sites (tertiary alicyclic amines) is 1. The van der Waals surface area contributed by atoms with Crippen molar-refractivity contribution >= 4 is 5.78 Å². The molecule has 1 heterocycles. The van der Waals surface area contributed by atoms with Gasteiger partial charge in [0.2, 0.25) is 0 Å². The van der Waals surface area contributed by atoms with Gasteiger partial charge in [0.1, 0.15) is 5.75 Å². The van der Waals surface area contributed by atoms with Gasteiger partial charge in [-0.1, -0.05) is 0 Å². The average Bonchev–Trinajstić information content (AvgIpc) is 2.74. The molecule has 1 aromatic rings. The molecule has 0 bridgehead atoms. The Hall–Kier alpha value is -1.39. The molecular formula is C14H19NO3. The molecule has 2 rings (SSSR count). The topological polar surface area (TPSA) is 49.8 Å². The van der Waals surface area contributed by atoms with Gasteiger partial charge in [0.25, 0.3) is 0 Å². The summed E-state index contributed by atoms with van der Waals surface area (Å²) in [6, 6.07) is 5.49. The summed E-state index contributed by atoms with van der Waals surface area (Å²) < 4.78 is 5.32. The molecule has 0 aromatic heterocycles. The van der Waals surface area contributed by atoms with Crippen LogP contribution in [0.2, 0.25) is 0 Å². The molecular weight excluding hydrogens is 230 g/mol. The number of Topliss-reactive ketones (excluding diaryl/α,β-unsaturated/α-hetero) is 1. The van der Waals surface area contributed by atoms with E-state index < -0.39 is 0 Å². The minimum atomic E-state index is -0.230. The van der Waals surface area contributed by atoms with Crippen molar-refractivity contribution in [1.82, 2.24) is 4.90 Å². The number of ketones is 1. The van der Waals surface area contributed by atoms with E-state index in [0.29, 0.717) is 18.7 Å². The quantitative estimate of drug-likeness (QED) is 0.821. The Bertz CT molecular complexity index is 445. The molecule has 0 aliphatic carbocycles. The minimum absolute atomic E-state index is 0.0559. The lowest BCUT2D eigenvalue weighted by molar-refractivity contribution is 0.101. The monoisotopic (exact) mass is 249 g/mol. The number of β-amino-alcohol motifs (C(OH)–C–C–N with tert-alkyl or cyclic N) is 1. The van der Waals surface area contributed by atoms with Crippen molar-refractivity contribution in [2.75, 3.05) is 20.2 Å². The molecule has 4 nitrogen and oxygen atoms in total. The van der Waals surface area contributed by atoms with E-state index in [4.69, 9.17) is 4.74 Å². The lowest BCUT2D eigenvalue weighted by atomic mass is 10.1. The molecule has 1 aliphatic heterocycles. The highest BCUT2D eigenvalue weighted by Gasteiger charge is 2.21. The van der Waals surface area contributed by atoms with Crippen molar-refractivity contribution in [3.8, 4) is 5.75 Å². The Morgan fingerprint density at radius 3 is 2.89 bits per heavy atom. The van der Waals surface area contributed by atoms with E-state index in [1.54, 1.807) is 20.1 Å². The van der Waals surface area contributed by atoms with E-state index in [0.717, 1.165) is 24.3 Å². The fourth-order valence-electron chi connectivity index (χ4n) is 2.32. The summed E-state index contributed by atoms with van der Waals surface area (Å²) in [6.07, 6.45) is 0.585. The first-order chi connectivity index (χ1) is 8.60. The van der Waals surface area contributed by atoms with Crippen LogP contribution >= 0.6 is 0 Å². The molecule has 0 amide bonds. The van der Waals surface area contributed by atoms with Gasteiger partial charge in [-0.15, -0.1) is 0 Å². The molecule has 1 atom stereocenters. The maximum Gasteiger partial charge on any atom is 0.159 e. The van der Waals surface area contributed by atoms with Gasteiger partial charge in [0, 0.05) is 30.8 Å². The highest BCUT2D eigenvalue weighted by atomic mass is 16.5. The zero-order valence-corrected chi connectivity index (χ0v) is 10.8. The summed E-state index contributed by atoms with van der Waals surface area (Å²) in [5.41, 5.74) is 1.70. The lowest BCUT2D eigenvalue weighted by Gasteiger charge is -2.17. The molecule has 18 heavy (non-hydrogen) atoms. The van der Waals surface area contributed by atoms with E-state index in [1.807, 2.05) is 12.1 Å². The fourth-order valence-corrected chi connectivity index (χ4v) is 2.32. The summed E-state index contributed by atoms with van der Waals surface area (Å²) in [5, 5.41) is 9.52. The van der Waals surface area contributed by atoms with Crippen LogP contribution in [0, 0.1) is 0 Å². The number of aliphatic hydroxyl groups is 1. The van der Waals surface area contributed by atoms with E-state index in [1.165, 1.54) is 0 Å². The number of hydrogen-bond donors (Lipinski definition) is 1. The number of benzene rings is 1. The number of hydrogen-bond acceptors (Lipinski definition) is 4. The third kappa shape index (κ3) is 2.89. The summed E-state index contributed by atoms with van der Waals surface area (Å²) in [5.74, 6) is 0.849. The Morgan fingerprint density at radius 1 is 1.56 bits per heavy atom. The summed E-state index contributed by atoms with van der Waals surface area (Å²) in [6.45, 7) is 3.84. The van der Waals surface area contributed by atoms with Crippen molar-refractivity contribution in [3.05, 3.63) is 29.3 Å². The van der Waals surface area contributed by atoms with Crippen LogP contribution < -0.4 is 4.74 Å². The second-order valence-electron chi connectivity index (χ2n) is 4.76. The van der Waals surface area contributed by atoms with E-state index >= 15 is 0 Å². The first-order valence-corrected chi connectivity index (χ1v) is 6.18. The highest BCUT2D eigenvalue weighted by molar-refractivity contribution is 5.94. The summed E-state index contributed by atoms with van der Waals surface area (Å²) in [7, 11) is 1.63. The Balaban J connectivity index is 2.18. The predicted molar refractivity (Wildman–Crippen MR) is 68.9 cm³/mol. The fraction of sp³-hybridized carbons (Fsp3) is 0.500. The van der Waals surface area contributed by atoms with Crippen LogP contribution in [0.5, 0.6) is 5.75 Å². The average molecular weight is 249 g/mol. The number of rotatable bonds is 4. The molecule has 98 valence electrons. The van der Waals surface area contributed by atoms with Crippen molar-refractivity contribution in [2.24, 2.45) is 0 Å². The van der Waals surface area contributed by atoms with Crippen LogP contribution in [0.15, 0.2) is 18.2 Å². The maximum absolute atomic E-state index is 11.4. The second kappa shape index (κ2) is 5.50. The SMILES string of the molecule is COc1ccc(C(C)=O)cc1CN1CCC(O)C1. The van der Waals surface area contributed by atoms with E-state index in [2.05, 4.69) is 4.90 Å². The number of carbonyl (C=O) groups excluding carboxylic acids is 1. The van der Waals surface area contributed by atoms with Crippen molar-refractivity contribution in [2.45, 2.75) is 26.0 Å². The third-order valence-corrected chi connectivity index (χ3v) is 3.33. The molecule has 1 saturated heterocycles. The summed E-state index contributed by atoms with van der Waals surface area (Å²) >= 11 is 0. The molecule has 1 unspecified atom stereocenters. The Kier molecular flexibility index (Phi) is 3.99. The number of aliphatic hydroxyl groups excluding tert-OH is 1. The summed E-state index contributed by atoms with van der Waals surface area (Å²) in [4.78, 5) is 13.6. The maximum atomic E-state index is 11.4. The molecule has 1 fully saturated rings. The standard InChI is InChI=1S/C14H19NO3/c1-10(16)11-3-4-14(18-2)12(7-11)8-15-6-5-13(17)9-15/h3-4,7,13,17H,5-6,8-9H2,1-2H3. The smallest absolute Gasteiger partial charge is 0.159 e. The number of carbonyl (C=O) groups is 1. The molecule has 1 aromatic carbocycles. The second-order valence-corrected chi connectivity index (χ2v) is 4.76. The third-order valence-electron chi connectivity index (χ3n) is 3.33. The molecule has 0 saturated carbocycles. The highest BCUT2D eigenvalue weighted by Crippen LogP contribution is 2.23. The van der Waals surface area contributed by atoms with Crippen LogP contribution in [0.1, 0.15) is 29.3 Å². The van der Waals surface area contributed by atoms with Crippen LogP contribution in [-0.2, 0) is 6.54 Å². The van der Waals surface area contributed by atoms with Gasteiger partial charge in [-0.25, -0.2) is 0 Å². The molecule has 0 radical (unpaired) electrons. The van der Waals surface area contributed by atoms with Crippen LogP contribution in [-0.4, -0.2) is 42.1 Å². The van der Waals surface area contributed by atoms with E-state index in [9.17, 15) is 9.90 Å². The van der Waals surface area contributed by atoms with Gasteiger partial charge in [0.05, 0.1) is 13.2 Å². The van der Waals surface area contributed by atoms with Crippen LogP contribution in [0.25, 0.3) is 0 Å². The van der Waals surface area contributed by atoms with E-state index in [-0.39, 0.29) is 11.9 Å². The largest absolute Gasteiger partial charge is 0.496 e. The normalized spacial score (nSPS) is 20.1. The Morgan fingerprint density at radius 2 is 2.33 bits per heavy atom. The lowest BCUT2D eigenvalue weighted by Crippen LogP contribution is -2.22. The van der Waals surface area contributed by atoms with Crippen molar-refractivity contribution in [1.29, 1.82) is 0 Å².